The predicted octanol–water partition coefficient (Wildman–Crippen LogP) is 3.35. The van der Waals surface area contributed by atoms with Crippen molar-refractivity contribution in [2.75, 3.05) is 25.0 Å². The number of fused-ring (bicyclic) bond motifs is 1. The van der Waals surface area contributed by atoms with Crippen LogP contribution in [0.15, 0.2) is 30.3 Å². The number of esters is 1. The van der Waals surface area contributed by atoms with Crippen LogP contribution in [0.5, 0.6) is 0 Å². The summed E-state index contributed by atoms with van der Waals surface area (Å²) in [5, 5.41) is 3.95. The number of nitrogens with one attached hydrogen (secondary N) is 1. The number of pyridine rings is 1. The van der Waals surface area contributed by atoms with Crippen LogP contribution in [-0.4, -0.2) is 41.6 Å². The number of urea groups is 1. The molecule has 1 aliphatic rings. The van der Waals surface area contributed by atoms with Crippen LogP contribution >= 0.6 is 0 Å². The molecule has 6 nitrogen and oxygen atoms in total. The Morgan fingerprint density at radius 3 is 2.72 bits per heavy atom. The molecule has 1 saturated heterocycles. The number of aromatic nitrogens is 1. The van der Waals surface area contributed by atoms with Gasteiger partial charge in [0.05, 0.1) is 23.7 Å². The van der Waals surface area contributed by atoms with Gasteiger partial charge in [0.15, 0.2) is 0 Å². The zero-order chi connectivity index (χ0) is 17.8. The summed E-state index contributed by atoms with van der Waals surface area (Å²) < 4.78 is 5.07. The Hall–Kier alpha value is -2.63. The molecular formula is C19H23N3O3. The van der Waals surface area contributed by atoms with E-state index in [2.05, 4.69) is 10.3 Å². The number of hydrogen-bond acceptors (Lipinski definition) is 4. The molecule has 1 fully saturated rings. The number of aryl methyl sites for hydroxylation is 1. The maximum Gasteiger partial charge on any atom is 0.321 e. The molecule has 1 aliphatic heterocycles. The van der Waals surface area contributed by atoms with Crippen molar-refractivity contribution in [2.45, 2.75) is 26.7 Å². The van der Waals surface area contributed by atoms with Gasteiger partial charge in [-0.1, -0.05) is 18.2 Å². The van der Waals surface area contributed by atoms with Gasteiger partial charge in [0.25, 0.3) is 0 Å². The summed E-state index contributed by atoms with van der Waals surface area (Å²) in [7, 11) is 0. The first-order chi connectivity index (χ1) is 12.1. The molecule has 25 heavy (non-hydrogen) atoms. The number of amides is 2. The number of nitrogens with zero attached hydrogens (tertiary/aromatic N) is 2. The highest BCUT2D eigenvalue weighted by atomic mass is 16.5. The van der Waals surface area contributed by atoms with E-state index in [0.29, 0.717) is 38.2 Å². The van der Waals surface area contributed by atoms with Crippen LogP contribution in [0, 0.1) is 12.8 Å². The number of piperidine rings is 1. The maximum atomic E-state index is 12.6. The smallest absolute Gasteiger partial charge is 0.321 e. The van der Waals surface area contributed by atoms with Crippen molar-refractivity contribution in [3.63, 3.8) is 0 Å². The highest BCUT2D eigenvalue weighted by molar-refractivity contribution is 5.99. The van der Waals surface area contributed by atoms with Gasteiger partial charge >= 0.3 is 12.0 Å². The summed E-state index contributed by atoms with van der Waals surface area (Å²) >= 11 is 0. The van der Waals surface area contributed by atoms with Crippen LogP contribution < -0.4 is 5.32 Å². The highest BCUT2D eigenvalue weighted by Crippen LogP contribution is 2.24. The fraction of sp³-hybridized carbons (Fsp3) is 0.421. The molecule has 0 atom stereocenters. The Kier molecular flexibility index (Phi) is 5.16. The van der Waals surface area contributed by atoms with Crippen molar-refractivity contribution in [1.29, 1.82) is 0 Å². The van der Waals surface area contributed by atoms with E-state index in [-0.39, 0.29) is 17.9 Å². The van der Waals surface area contributed by atoms with Crippen molar-refractivity contribution in [2.24, 2.45) is 5.92 Å². The first kappa shape index (κ1) is 17.2. The summed E-state index contributed by atoms with van der Waals surface area (Å²) in [4.78, 5) is 30.6. The minimum Gasteiger partial charge on any atom is -0.466 e. The summed E-state index contributed by atoms with van der Waals surface area (Å²) in [6.45, 7) is 5.23. The van der Waals surface area contributed by atoms with Gasteiger partial charge in [0.2, 0.25) is 0 Å². The van der Waals surface area contributed by atoms with E-state index in [4.69, 9.17) is 4.74 Å². The molecule has 1 N–H and O–H groups in total. The lowest BCUT2D eigenvalue weighted by Gasteiger charge is -2.31. The lowest BCUT2D eigenvalue weighted by molar-refractivity contribution is -0.149. The van der Waals surface area contributed by atoms with E-state index in [1.807, 2.05) is 37.3 Å². The first-order valence-corrected chi connectivity index (χ1v) is 8.67. The molecule has 0 aliphatic carbocycles. The van der Waals surface area contributed by atoms with Crippen molar-refractivity contribution in [3.05, 3.63) is 36.0 Å². The highest BCUT2D eigenvalue weighted by Gasteiger charge is 2.28. The second-order valence-electron chi connectivity index (χ2n) is 6.27. The molecule has 0 radical (unpaired) electrons. The van der Waals surface area contributed by atoms with Crippen LogP contribution in [0.1, 0.15) is 25.5 Å². The number of likely N-dealkylation sites (tertiary alicyclic amines) is 1. The van der Waals surface area contributed by atoms with Gasteiger partial charge in [-0.3, -0.25) is 9.78 Å². The summed E-state index contributed by atoms with van der Waals surface area (Å²) in [6.07, 6.45) is 1.28. The summed E-state index contributed by atoms with van der Waals surface area (Å²) in [6, 6.07) is 9.53. The summed E-state index contributed by atoms with van der Waals surface area (Å²) in [5.74, 6) is -0.262. The molecule has 1 aromatic heterocycles. The lowest BCUT2D eigenvalue weighted by Crippen LogP contribution is -2.42. The van der Waals surface area contributed by atoms with Crippen LogP contribution in [-0.2, 0) is 9.53 Å². The third-order valence-corrected chi connectivity index (χ3v) is 4.50. The number of anilines is 1. The first-order valence-electron chi connectivity index (χ1n) is 8.67. The van der Waals surface area contributed by atoms with Crippen molar-refractivity contribution >= 4 is 28.6 Å². The number of carbonyl (C=O) groups excluding carboxylic acids is 2. The number of rotatable bonds is 3. The molecule has 0 spiro atoms. The Labute approximate surface area is 147 Å². The van der Waals surface area contributed by atoms with Crippen LogP contribution in [0.3, 0.4) is 0 Å². The molecule has 2 aromatic rings. The number of benzene rings is 1. The van der Waals surface area contributed by atoms with Crippen molar-refractivity contribution < 1.29 is 14.3 Å². The average Bonchev–Trinajstić information content (AvgIpc) is 2.62. The van der Waals surface area contributed by atoms with Gasteiger partial charge in [-0.2, -0.15) is 0 Å². The Morgan fingerprint density at radius 1 is 1.24 bits per heavy atom. The molecular weight excluding hydrogens is 318 g/mol. The molecule has 6 heteroatoms. The quantitative estimate of drug-likeness (QED) is 0.869. The standard InChI is InChI=1S/C19H23N3O3/c1-3-25-18(23)15-9-11-22(12-10-15)19(24)21-16-6-4-5-14-8-7-13(2)20-17(14)16/h4-8,15H,3,9-12H2,1-2H3,(H,21,24). The monoisotopic (exact) mass is 341 g/mol. The van der Waals surface area contributed by atoms with Gasteiger partial charge in [-0.25, -0.2) is 4.79 Å². The zero-order valence-electron chi connectivity index (χ0n) is 14.6. The van der Waals surface area contributed by atoms with Crippen LogP contribution in [0.25, 0.3) is 10.9 Å². The third kappa shape index (κ3) is 3.90. The molecule has 3 rings (SSSR count). The molecule has 2 heterocycles. The maximum absolute atomic E-state index is 12.6. The Bertz CT molecular complexity index is 783. The van der Waals surface area contributed by atoms with E-state index in [1.54, 1.807) is 11.8 Å². The van der Waals surface area contributed by atoms with E-state index >= 15 is 0 Å². The molecule has 0 saturated carbocycles. The zero-order valence-corrected chi connectivity index (χ0v) is 14.6. The minimum atomic E-state index is -0.156. The molecule has 0 unspecified atom stereocenters. The van der Waals surface area contributed by atoms with E-state index in [1.165, 1.54) is 0 Å². The number of ether oxygens (including phenoxy) is 1. The van der Waals surface area contributed by atoms with Gasteiger partial charge < -0.3 is 15.0 Å². The number of carbonyl (C=O) groups is 2. The van der Waals surface area contributed by atoms with Gasteiger partial charge in [0, 0.05) is 24.2 Å². The fourth-order valence-corrected chi connectivity index (χ4v) is 3.12. The fourth-order valence-electron chi connectivity index (χ4n) is 3.12. The second-order valence-corrected chi connectivity index (χ2v) is 6.27. The third-order valence-electron chi connectivity index (χ3n) is 4.50. The number of hydrogen-bond donors (Lipinski definition) is 1. The van der Waals surface area contributed by atoms with Crippen molar-refractivity contribution in [3.8, 4) is 0 Å². The average molecular weight is 341 g/mol. The second kappa shape index (κ2) is 7.51. The number of para-hydroxylation sites is 1. The topological polar surface area (TPSA) is 71.5 Å². The predicted molar refractivity (Wildman–Crippen MR) is 96.4 cm³/mol. The summed E-state index contributed by atoms with van der Waals surface area (Å²) in [5.41, 5.74) is 2.40. The van der Waals surface area contributed by atoms with Gasteiger partial charge in [-0.05, 0) is 38.8 Å². The minimum absolute atomic E-state index is 0.106. The SMILES string of the molecule is CCOC(=O)C1CCN(C(=O)Nc2cccc3ccc(C)nc23)CC1. The largest absolute Gasteiger partial charge is 0.466 e. The Morgan fingerprint density at radius 2 is 2.00 bits per heavy atom. The molecule has 0 bridgehead atoms. The van der Waals surface area contributed by atoms with Crippen LogP contribution in [0.2, 0.25) is 0 Å². The van der Waals surface area contributed by atoms with Gasteiger partial charge in [-0.15, -0.1) is 0 Å². The van der Waals surface area contributed by atoms with E-state index in [0.717, 1.165) is 16.6 Å². The normalized spacial score (nSPS) is 15.2. The van der Waals surface area contributed by atoms with Gasteiger partial charge in [0.1, 0.15) is 0 Å². The molecule has 1 aromatic carbocycles. The lowest BCUT2D eigenvalue weighted by atomic mass is 9.97. The van der Waals surface area contributed by atoms with E-state index in [9.17, 15) is 9.59 Å². The molecule has 2 amide bonds. The Balaban J connectivity index is 1.66. The van der Waals surface area contributed by atoms with Crippen molar-refractivity contribution in [1.82, 2.24) is 9.88 Å². The van der Waals surface area contributed by atoms with Crippen LogP contribution in [0.4, 0.5) is 10.5 Å². The van der Waals surface area contributed by atoms with E-state index < -0.39 is 0 Å². The molecule has 132 valence electrons.